The van der Waals surface area contributed by atoms with Crippen LogP contribution < -0.4 is 9.47 Å². The van der Waals surface area contributed by atoms with Crippen LogP contribution in [-0.2, 0) is 6.61 Å². The second-order valence-electron chi connectivity index (χ2n) is 6.39. The minimum Gasteiger partial charge on any atom is -0.493 e. The molecule has 0 aromatic heterocycles. The van der Waals surface area contributed by atoms with Crippen LogP contribution >= 0.6 is 0 Å². The monoisotopic (exact) mass is 393 g/mol. The average Bonchev–Trinajstić information content (AvgIpc) is 2.73. The lowest BCUT2D eigenvalue weighted by Gasteiger charge is -2.11. The highest BCUT2D eigenvalue weighted by atomic mass is 19.1. The van der Waals surface area contributed by atoms with E-state index >= 15 is 0 Å². The summed E-state index contributed by atoms with van der Waals surface area (Å²) in [7, 11) is 1.55. The zero-order valence-corrected chi connectivity index (χ0v) is 16.1. The van der Waals surface area contributed by atoms with Gasteiger partial charge in [-0.15, -0.1) is 0 Å². The summed E-state index contributed by atoms with van der Waals surface area (Å²) in [5, 5.41) is 8.94. The summed E-state index contributed by atoms with van der Waals surface area (Å²) < 4.78 is 24.5. The molecule has 3 aromatic carbocycles. The van der Waals surface area contributed by atoms with Gasteiger partial charge < -0.3 is 14.6 Å². The lowest BCUT2D eigenvalue weighted by molar-refractivity contribution is 0.0697. The molecule has 0 saturated carbocycles. The van der Waals surface area contributed by atoms with Crippen molar-refractivity contribution in [1.82, 2.24) is 0 Å². The van der Waals surface area contributed by atoms with Crippen LogP contribution in [0.25, 0.3) is 0 Å². The number of hydrogen-bond donors (Lipinski definition) is 1. The fourth-order valence-electron chi connectivity index (χ4n) is 2.65. The number of ether oxygens (including phenoxy) is 2. The molecule has 0 heterocycles. The normalized spacial score (nSPS) is 10.9. The van der Waals surface area contributed by atoms with Crippen molar-refractivity contribution in [2.75, 3.05) is 7.11 Å². The molecule has 29 heavy (non-hydrogen) atoms. The van der Waals surface area contributed by atoms with Gasteiger partial charge in [-0.2, -0.15) is 0 Å². The number of rotatable bonds is 7. The molecular formula is C23H20FNO4. The highest BCUT2D eigenvalue weighted by molar-refractivity contribution is 5.87. The largest absolute Gasteiger partial charge is 0.493 e. The first-order valence-electron chi connectivity index (χ1n) is 8.89. The van der Waals surface area contributed by atoms with Crippen molar-refractivity contribution in [2.45, 2.75) is 13.5 Å². The number of carboxylic acids is 1. The summed E-state index contributed by atoms with van der Waals surface area (Å²) in [6.45, 7) is 1.97. The van der Waals surface area contributed by atoms with Gasteiger partial charge in [-0.25, -0.2) is 9.18 Å². The minimum atomic E-state index is -0.966. The second-order valence-corrected chi connectivity index (χ2v) is 6.39. The third kappa shape index (κ3) is 5.19. The quantitative estimate of drug-likeness (QED) is 0.562. The lowest BCUT2D eigenvalue weighted by Crippen LogP contribution is -2.00. The van der Waals surface area contributed by atoms with Gasteiger partial charge in [0.05, 0.1) is 18.4 Å². The van der Waals surface area contributed by atoms with Crippen molar-refractivity contribution >= 4 is 17.9 Å². The fraction of sp³-hybridized carbons (Fsp3) is 0.130. The summed E-state index contributed by atoms with van der Waals surface area (Å²) in [5.41, 5.74) is 3.08. The first-order chi connectivity index (χ1) is 14.0. The van der Waals surface area contributed by atoms with Crippen molar-refractivity contribution in [3.05, 3.63) is 88.7 Å². The smallest absolute Gasteiger partial charge is 0.335 e. The molecule has 3 aromatic rings. The van der Waals surface area contributed by atoms with Crippen molar-refractivity contribution in [2.24, 2.45) is 4.99 Å². The van der Waals surface area contributed by atoms with Crippen LogP contribution in [0.4, 0.5) is 10.1 Å². The molecule has 6 heteroatoms. The number of aromatic carboxylic acids is 1. The molecule has 0 saturated heterocycles. The molecule has 0 spiro atoms. The molecule has 0 fully saturated rings. The maximum atomic E-state index is 13.3. The molecule has 0 aliphatic rings. The van der Waals surface area contributed by atoms with E-state index in [1.807, 2.05) is 6.07 Å². The third-order valence-corrected chi connectivity index (χ3v) is 4.29. The van der Waals surface area contributed by atoms with Crippen molar-refractivity contribution in [3.63, 3.8) is 0 Å². The van der Waals surface area contributed by atoms with Gasteiger partial charge in [0, 0.05) is 6.21 Å². The Balaban J connectivity index is 1.70. The summed E-state index contributed by atoms with van der Waals surface area (Å²) in [6.07, 6.45) is 1.67. The maximum absolute atomic E-state index is 13.3. The molecule has 148 valence electrons. The molecule has 0 unspecified atom stereocenters. The van der Waals surface area contributed by atoms with E-state index in [2.05, 4.69) is 4.99 Å². The van der Waals surface area contributed by atoms with Gasteiger partial charge in [0.1, 0.15) is 12.4 Å². The summed E-state index contributed by atoms with van der Waals surface area (Å²) in [6, 6.07) is 16.6. The Bertz CT molecular complexity index is 1050. The van der Waals surface area contributed by atoms with E-state index in [1.165, 1.54) is 18.2 Å². The number of hydrogen-bond acceptors (Lipinski definition) is 4. The number of methoxy groups -OCH3 is 1. The van der Waals surface area contributed by atoms with Crippen LogP contribution in [0, 0.1) is 12.7 Å². The number of benzene rings is 3. The van der Waals surface area contributed by atoms with Crippen LogP contribution in [0.15, 0.2) is 65.7 Å². The Hall–Kier alpha value is -3.67. The number of carboxylic acid groups (broad SMARTS) is 1. The van der Waals surface area contributed by atoms with E-state index in [0.717, 1.165) is 11.1 Å². The molecular weight excluding hydrogens is 373 g/mol. The number of nitrogens with zero attached hydrogens (tertiary/aromatic N) is 1. The van der Waals surface area contributed by atoms with Gasteiger partial charge in [0.2, 0.25) is 0 Å². The van der Waals surface area contributed by atoms with E-state index in [9.17, 15) is 9.18 Å². The van der Waals surface area contributed by atoms with Crippen LogP contribution in [0.3, 0.4) is 0 Å². The summed E-state index contributed by atoms with van der Waals surface area (Å²) >= 11 is 0. The van der Waals surface area contributed by atoms with Crippen LogP contribution in [0.1, 0.15) is 27.0 Å². The standard InChI is InChI=1S/C23H20FNO4/c1-15-11-19(8-9-20(15)24)25-13-17-5-10-21(22(12-17)28-2)29-14-16-3-6-18(7-4-16)23(26)27/h3-13H,14H2,1-2H3,(H,26,27). The molecule has 0 amide bonds. The van der Waals surface area contributed by atoms with E-state index < -0.39 is 5.97 Å². The third-order valence-electron chi connectivity index (χ3n) is 4.29. The van der Waals surface area contributed by atoms with E-state index in [0.29, 0.717) is 22.7 Å². The van der Waals surface area contributed by atoms with E-state index in [-0.39, 0.29) is 18.0 Å². The number of halogens is 1. The number of aliphatic imine (C=N–C) groups is 1. The molecule has 0 radical (unpaired) electrons. The SMILES string of the molecule is COc1cc(C=Nc2ccc(F)c(C)c2)ccc1OCc1ccc(C(=O)O)cc1. The Labute approximate surface area is 168 Å². The second kappa shape index (κ2) is 9.01. The predicted octanol–water partition coefficient (Wildman–Crippen LogP) is 5.17. The van der Waals surface area contributed by atoms with Crippen molar-refractivity contribution in [1.29, 1.82) is 0 Å². The summed E-state index contributed by atoms with van der Waals surface area (Å²) in [5.74, 6) is -0.118. The number of aryl methyl sites for hydroxylation is 1. The predicted molar refractivity (Wildman–Crippen MR) is 109 cm³/mol. The first kappa shape index (κ1) is 20.1. The average molecular weight is 393 g/mol. The zero-order valence-electron chi connectivity index (χ0n) is 16.1. The van der Waals surface area contributed by atoms with Crippen LogP contribution in [0.5, 0.6) is 11.5 Å². The van der Waals surface area contributed by atoms with Gasteiger partial charge in [-0.1, -0.05) is 12.1 Å². The Morgan fingerprint density at radius 2 is 1.83 bits per heavy atom. The lowest BCUT2D eigenvalue weighted by atomic mass is 10.1. The van der Waals surface area contributed by atoms with Gasteiger partial charge in [-0.05, 0) is 72.1 Å². The summed E-state index contributed by atoms with van der Waals surface area (Å²) in [4.78, 5) is 15.3. The van der Waals surface area contributed by atoms with Crippen LogP contribution in [-0.4, -0.2) is 24.4 Å². The molecule has 5 nitrogen and oxygen atoms in total. The molecule has 0 aliphatic carbocycles. The van der Waals surface area contributed by atoms with E-state index in [1.54, 1.807) is 56.6 Å². The molecule has 1 N–H and O–H groups in total. The molecule has 0 aliphatic heterocycles. The zero-order chi connectivity index (χ0) is 20.8. The van der Waals surface area contributed by atoms with Gasteiger partial charge in [0.25, 0.3) is 0 Å². The van der Waals surface area contributed by atoms with Gasteiger partial charge >= 0.3 is 5.97 Å². The topological polar surface area (TPSA) is 68.1 Å². The highest BCUT2D eigenvalue weighted by Gasteiger charge is 2.07. The maximum Gasteiger partial charge on any atom is 0.335 e. The Morgan fingerprint density at radius 1 is 1.07 bits per heavy atom. The van der Waals surface area contributed by atoms with Crippen LogP contribution in [0.2, 0.25) is 0 Å². The van der Waals surface area contributed by atoms with Gasteiger partial charge in [0.15, 0.2) is 11.5 Å². The molecule has 3 rings (SSSR count). The Kier molecular flexibility index (Phi) is 6.24. The minimum absolute atomic E-state index is 0.228. The molecule has 0 bridgehead atoms. The Morgan fingerprint density at radius 3 is 2.48 bits per heavy atom. The first-order valence-corrected chi connectivity index (χ1v) is 8.89. The van der Waals surface area contributed by atoms with Crippen molar-refractivity contribution in [3.8, 4) is 11.5 Å². The highest BCUT2D eigenvalue weighted by Crippen LogP contribution is 2.28. The van der Waals surface area contributed by atoms with Gasteiger partial charge in [-0.3, -0.25) is 4.99 Å². The number of carbonyl (C=O) groups is 1. The fourth-order valence-corrected chi connectivity index (χ4v) is 2.65. The van der Waals surface area contributed by atoms with E-state index in [4.69, 9.17) is 14.6 Å². The molecule has 0 atom stereocenters. The van der Waals surface area contributed by atoms with Crippen molar-refractivity contribution < 1.29 is 23.8 Å².